The Bertz CT molecular complexity index is 677. The van der Waals surface area contributed by atoms with Gasteiger partial charge in [-0.3, -0.25) is 0 Å². The number of benzene rings is 2. The van der Waals surface area contributed by atoms with Crippen molar-refractivity contribution in [3.63, 3.8) is 0 Å². The van der Waals surface area contributed by atoms with Crippen molar-refractivity contribution in [2.45, 2.75) is 52.4 Å². The molecule has 4 heteroatoms. The van der Waals surface area contributed by atoms with Crippen molar-refractivity contribution in [1.29, 1.82) is 0 Å². The van der Waals surface area contributed by atoms with Gasteiger partial charge in [0.05, 0.1) is 6.61 Å². The fourth-order valence-electron chi connectivity index (χ4n) is 2.39. The van der Waals surface area contributed by atoms with E-state index in [0.717, 1.165) is 18.6 Å². The van der Waals surface area contributed by atoms with Crippen LogP contribution in [0.4, 0.5) is 0 Å². The smallest absolute Gasteiger partial charge is 0.230 e. The van der Waals surface area contributed by atoms with E-state index < -0.39 is 0 Å². The standard InChI is InChI=1S/C14H20O3.C10H14O/c1-4-11(2)13-5-7-14(8-6-13)17-10-16-12(3)9-15;1-3-8(2)9-4-6-10(11)7-5-9/h5-8,11,15H,3-4,9-10H2,1-2H3;4-8,11H,3H2,1-2H3. The van der Waals surface area contributed by atoms with Crippen molar-refractivity contribution in [3.8, 4) is 11.5 Å². The molecule has 2 N–H and O–H groups in total. The van der Waals surface area contributed by atoms with Crippen LogP contribution in [0.15, 0.2) is 60.9 Å². The minimum atomic E-state index is -0.184. The van der Waals surface area contributed by atoms with Crippen molar-refractivity contribution in [2.75, 3.05) is 13.4 Å². The molecule has 0 bridgehead atoms. The van der Waals surface area contributed by atoms with Crippen molar-refractivity contribution in [1.82, 2.24) is 0 Å². The minimum Gasteiger partial charge on any atom is -0.508 e. The summed E-state index contributed by atoms with van der Waals surface area (Å²) in [4.78, 5) is 0. The van der Waals surface area contributed by atoms with Gasteiger partial charge in [0.15, 0.2) is 0 Å². The third-order valence-electron chi connectivity index (χ3n) is 4.80. The first kappa shape index (κ1) is 23.6. The van der Waals surface area contributed by atoms with Crippen LogP contribution in [-0.2, 0) is 4.74 Å². The molecule has 0 radical (unpaired) electrons. The molecule has 2 atom stereocenters. The molecule has 154 valence electrons. The molecule has 0 aliphatic heterocycles. The normalized spacial score (nSPS) is 12.3. The van der Waals surface area contributed by atoms with E-state index in [4.69, 9.17) is 19.7 Å². The molecule has 2 aromatic carbocycles. The summed E-state index contributed by atoms with van der Waals surface area (Å²) >= 11 is 0. The molecule has 2 unspecified atom stereocenters. The van der Waals surface area contributed by atoms with Crippen LogP contribution in [-0.4, -0.2) is 23.6 Å². The second-order valence-corrected chi connectivity index (χ2v) is 6.88. The molecule has 28 heavy (non-hydrogen) atoms. The number of aromatic hydroxyl groups is 1. The van der Waals surface area contributed by atoms with Crippen LogP contribution in [0.5, 0.6) is 11.5 Å². The van der Waals surface area contributed by atoms with Crippen LogP contribution in [0.1, 0.15) is 63.5 Å². The van der Waals surface area contributed by atoms with Gasteiger partial charge in [0, 0.05) is 0 Å². The Morgan fingerprint density at radius 2 is 1.36 bits per heavy atom. The predicted molar refractivity (Wildman–Crippen MR) is 115 cm³/mol. The molecule has 0 saturated heterocycles. The van der Waals surface area contributed by atoms with Gasteiger partial charge in [-0.2, -0.15) is 0 Å². The SMILES string of the molecule is C=C(CO)OCOc1ccc(C(C)CC)cc1.CCC(C)c1ccc(O)cc1. The first-order valence-corrected chi connectivity index (χ1v) is 9.84. The van der Waals surface area contributed by atoms with E-state index in [1.165, 1.54) is 11.1 Å². The number of aliphatic hydroxyl groups excluding tert-OH is 1. The first-order chi connectivity index (χ1) is 13.4. The zero-order valence-electron chi connectivity index (χ0n) is 17.5. The zero-order chi connectivity index (χ0) is 20.9. The molecule has 0 aliphatic carbocycles. The van der Waals surface area contributed by atoms with Crippen molar-refractivity contribution < 1.29 is 19.7 Å². The highest BCUT2D eigenvalue weighted by Gasteiger charge is 2.03. The van der Waals surface area contributed by atoms with Gasteiger partial charge in [-0.05, 0) is 60.1 Å². The molecule has 2 rings (SSSR count). The Morgan fingerprint density at radius 1 is 0.893 bits per heavy atom. The third kappa shape index (κ3) is 8.49. The van der Waals surface area contributed by atoms with E-state index in [1.807, 2.05) is 24.3 Å². The summed E-state index contributed by atoms with van der Waals surface area (Å²) in [6.45, 7) is 12.1. The van der Waals surface area contributed by atoms with Gasteiger partial charge in [-0.25, -0.2) is 0 Å². The van der Waals surface area contributed by atoms with E-state index >= 15 is 0 Å². The molecule has 0 fully saturated rings. The lowest BCUT2D eigenvalue weighted by atomic mass is 9.99. The van der Waals surface area contributed by atoms with Crippen LogP contribution in [0.25, 0.3) is 0 Å². The first-order valence-electron chi connectivity index (χ1n) is 9.84. The molecule has 0 aliphatic rings. The van der Waals surface area contributed by atoms with Gasteiger partial charge in [0.25, 0.3) is 0 Å². The van der Waals surface area contributed by atoms with Crippen LogP contribution in [0.3, 0.4) is 0 Å². The summed E-state index contributed by atoms with van der Waals surface area (Å²) < 4.78 is 10.4. The lowest BCUT2D eigenvalue weighted by molar-refractivity contribution is 0.0458. The third-order valence-corrected chi connectivity index (χ3v) is 4.80. The monoisotopic (exact) mass is 386 g/mol. The van der Waals surface area contributed by atoms with Gasteiger partial charge in [-0.1, -0.05) is 58.5 Å². The molecule has 0 amide bonds. The summed E-state index contributed by atoms with van der Waals surface area (Å²) in [5, 5.41) is 17.7. The van der Waals surface area contributed by atoms with Gasteiger partial charge >= 0.3 is 0 Å². The highest BCUT2D eigenvalue weighted by Crippen LogP contribution is 2.22. The van der Waals surface area contributed by atoms with Crippen LogP contribution in [0, 0.1) is 0 Å². The van der Waals surface area contributed by atoms with E-state index in [0.29, 0.717) is 23.3 Å². The second-order valence-electron chi connectivity index (χ2n) is 6.88. The highest BCUT2D eigenvalue weighted by atomic mass is 16.7. The Hall–Kier alpha value is -2.46. The van der Waals surface area contributed by atoms with Crippen LogP contribution < -0.4 is 4.74 Å². The maximum absolute atomic E-state index is 9.01. The molecule has 2 aromatic rings. The number of ether oxygens (including phenoxy) is 2. The Kier molecular flexibility index (Phi) is 10.8. The fourth-order valence-corrected chi connectivity index (χ4v) is 2.39. The zero-order valence-corrected chi connectivity index (χ0v) is 17.5. The van der Waals surface area contributed by atoms with Crippen LogP contribution in [0.2, 0.25) is 0 Å². The second kappa shape index (κ2) is 12.8. The van der Waals surface area contributed by atoms with E-state index in [1.54, 1.807) is 12.1 Å². The molecular formula is C24H34O4. The number of aliphatic hydroxyl groups is 1. The fraction of sp³-hybridized carbons (Fsp3) is 0.417. The maximum atomic E-state index is 9.01. The summed E-state index contributed by atoms with van der Waals surface area (Å²) in [5.41, 5.74) is 2.60. The van der Waals surface area contributed by atoms with Crippen molar-refractivity contribution >= 4 is 0 Å². The average Bonchev–Trinajstić information content (AvgIpc) is 2.74. The highest BCUT2D eigenvalue weighted by molar-refractivity contribution is 5.29. The summed E-state index contributed by atoms with van der Waals surface area (Å²) in [7, 11) is 0. The number of hydrogen-bond acceptors (Lipinski definition) is 4. The maximum Gasteiger partial charge on any atom is 0.230 e. The molecule has 0 aromatic heterocycles. The molecule has 0 heterocycles. The van der Waals surface area contributed by atoms with Crippen molar-refractivity contribution in [3.05, 3.63) is 72.0 Å². The summed E-state index contributed by atoms with van der Waals surface area (Å²) in [6.07, 6.45) is 2.27. The van der Waals surface area contributed by atoms with E-state index in [2.05, 4.69) is 46.4 Å². The van der Waals surface area contributed by atoms with E-state index in [9.17, 15) is 0 Å². The summed E-state index contributed by atoms with van der Waals surface area (Å²) in [5.74, 6) is 2.56. The minimum absolute atomic E-state index is 0.0715. The predicted octanol–water partition coefficient (Wildman–Crippen LogP) is 5.96. The topological polar surface area (TPSA) is 58.9 Å². The number of hydrogen-bond donors (Lipinski definition) is 2. The van der Waals surface area contributed by atoms with Crippen molar-refractivity contribution in [2.24, 2.45) is 0 Å². The molecular weight excluding hydrogens is 352 g/mol. The van der Waals surface area contributed by atoms with Crippen LogP contribution >= 0.6 is 0 Å². The lowest BCUT2D eigenvalue weighted by Gasteiger charge is -2.11. The quantitative estimate of drug-likeness (QED) is 0.412. The Balaban J connectivity index is 0.000000307. The Labute approximate surface area is 169 Å². The van der Waals surface area contributed by atoms with Gasteiger partial charge in [0.1, 0.15) is 17.3 Å². The molecule has 4 nitrogen and oxygen atoms in total. The summed E-state index contributed by atoms with van der Waals surface area (Å²) in [6, 6.07) is 15.4. The van der Waals surface area contributed by atoms with E-state index in [-0.39, 0.29) is 13.4 Å². The lowest BCUT2D eigenvalue weighted by Crippen LogP contribution is -2.04. The number of rotatable bonds is 9. The van der Waals surface area contributed by atoms with Gasteiger partial charge < -0.3 is 19.7 Å². The Morgan fingerprint density at radius 3 is 1.79 bits per heavy atom. The van der Waals surface area contributed by atoms with Gasteiger partial charge in [0.2, 0.25) is 6.79 Å². The largest absolute Gasteiger partial charge is 0.508 e. The molecule has 0 spiro atoms. The molecule has 0 saturated carbocycles. The van der Waals surface area contributed by atoms with Gasteiger partial charge in [-0.15, -0.1) is 0 Å². The number of phenols is 1. The number of phenolic OH excluding ortho intramolecular Hbond substituents is 1. The average molecular weight is 387 g/mol.